The van der Waals surface area contributed by atoms with Gasteiger partial charge in [-0.25, -0.2) is 0 Å². The van der Waals surface area contributed by atoms with Crippen LogP contribution in [0.3, 0.4) is 0 Å². The van der Waals surface area contributed by atoms with Gasteiger partial charge in [0.2, 0.25) is 0 Å². The van der Waals surface area contributed by atoms with Gasteiger partial charge in [-0.1, -0.05) is 5.11 Å². The van der Waals surface area contributed by atoms with Gasteiger partial charge in [0.05, 0.1) is 0 Å². The van der Waals surface area contributed by atoms with Crippen LogP contribution in [0, 0.1) is 0 Å². The number of rotatable bonds is 0. The maximum absolute atomic E-state index is 7.33. The molecule has 0 aliphatic rings. The van der Waals surface area contributed by atoms with Gasteiger partial charge in [-0.2, -0.15) is 0 Å². The van der Waals surface area contributed by atoms with Crippen LogP contribution in [-0.4, -0.2) is 12.5 Å². The minimum atomic E-state index is 0. The molecule has 0 fully saturated rings. The van der Waals surface area contributed by atoms with E-state index in [1.165, 1.54) is 7.05 Å². The Bertz CT molecular complexity index is 44.9. The molecular formula is CH5N3O. The van der Waals surface area contributed by atoms with Crippen molar-refractivity contribution in [2.45, 2.75) is 0 Å². The van der Waals surface area contributed by atoms with Gasteiger partial charge in [-0.3, -0.25) is 0 Å². The third-order valence-corrected chi connectivity index (χ3v) is 0.0894. The van der Waals surface area contributed by atoms with Crippen LogP contribution in [0.25, 0.3) is 10.4 Å². The third-order valence-electron chi connectivity index (χ3n) is 0.0894. The molecule has 0 saturated heterocycles. The van der Waals surface area contributed by atoms with Crippen molar-refractivity contribution in [2.75, 3.05) is 7.05 Å². The van der Waals surface area contributed by atoms with Crippen LogP contribution in [0.5, 0.6) is 0 Å². The minimum Gasteiger partial charge on any atom is -0.412 e. The summed E-state index contributed by atoms with van der Waals surface area (Å²) in [6.45, 7) is 0. The highest BCUT2D eigenvalue weighted by molar-refractivity contribution is 4.30. The van der Waals surface area contributed by atoms with E-state index in [4.69, 9.17) is 5.53 Å². The van der Waals surface area contributed by atoms with Crippen molar-refractivity contribution in [1.82, 2.24) is 0 Å². The van der Waals surface area contributed by atoms with E-state index >= 15 is 0 Å². The van der Waals surface area contributed by atoms with E-state index in [1.54, 1.807) is 0 Å². The Morgan fingerprint density at radius 2 is 2.00 bits per heavy atom. The monoisotopic (exact) mass is 75.0 g/mol. The smallest absolute Gasteiger partial charge is 0.0139 e. The number of azide groups is 1. The first kappa shape index (κ1) is 8.86. The molecule has 0 rings (SSSR count). The maximum atomic E-state index is 7.33. The van der Waals surface area contributed by atoms with E-state index in [-0.39, 0.29) is 5.48 Å². The van der Waals surface area contributed by atoms with Crippen LogP contribution in [0.1, 0.15) is 0 Å². The van der Waals surface area contributed by atoms with Crippen LogP contribution >= 0.6 is 0 Å². The predicted molar refractivity (Wildman–Crippen MR) is 18.7 cm³/mol. The number of hydrogen-bond acceptors (Lipinski definition) is 1. The summed E-state index contributed by atoms with van der Waals surface area (Å²) < 4.78 is 0. The largest absolute Gasteiger partial charge is 0.412 e. The van der Waals surface area contributed by atoms with Crippen molar-refractivity contribution in [2.24, 2.45) is 5.11 Å². The predicted octanol–water partition coefficient (Wildman–Crippen LogP) is 0.102. The summed E-state index contributed by atoms with van der Waals surface area (Å²) >= 11 is 0. The van der Waals surface area contributed by atoms with Gasteiger partial charge >= 0.3 is 0 Å². The summed E-state index contributed by atoms with van der Waals surface area (Å²) in [5, 5.41) is 2.92. The highest BCUT2D eigenvalue weighted by Gasteiger charge is 1.27. The van der Waals surface area contributed by atoms with Crippen molar-refractivity contribution in [3.63, 3.8) is 0 Å². The highest BCUT2D eigenvalue weighted by Crippen LogP contribution is 1.46. The maximum Gasteiger partial charge on any atom is 0.0139 e. The van der Waals surface area contributed by atoms with Gasteiger partial charge < -0.3 is 5.48 Å². The van der Waals surface area contributed by atoms with E-state index in [2.05, 4.69) is 10.0 Å². The summed E-state index contributed by atoms with van der Waals surface area (Å²) in [7, 11) is 1.39. The molecule has 4 heteroatoms. The molecule has 0 bridgehead atoms. The van der Waals surface area contributed by atoms with Crippen LogP contribution < -0.4 is 0 Å². The second-order valence-corrected chi connectivity index (χ2v) is 0.289. The fourth-order valence-corrected chi connectivity index (χ4v) is 0. The zero-order chi connectivity index (χ0) is 3.41. The normalized spacial score (nSPS) is 3.40. The lowest BCUT2D eigenvalue weighted by Gasteiger charge is -1.35. The quantitative estimate of drug-likeness (QED) is 0.222. The van der Waals surface area contributed by atoms with Crippen LogP contribution in [0.4, 0.5) is 0 Å². The third kappa shape index (κ3) is 72.3. The molecule has 5 heavy (non-hydrogen) atoms. The molecule has 30 valence electrons. The zero-order valence-electron chi connectivity index (χ0n) is 2.84. The molecular weight excluding hydrogens is 70.0 g/mol. The Kier molecular flexibility index (Phi) is 18.5. The molecule has 0 aromatic rings. The zero-order valence-corrected chi connectivity index (χ0v) is 2.84. The molecule has 0 heterocycles. The molecule has 0 saturated carbocycles. The molecule has 0 spiro atoms. The van der Waals surface area contributed by atoms with Gasteiger partial charge in [0, 0.05) is 12.0 Å². The second-order valence-electron chi connectivity index (χ2n) is 0.289. The van der Waals surface area contributed by atoms with E-state index < -0.39 is 0 Å². The lowest BCUT2D eigenvalue weighted by molar-refractivity contribution is 0.824. The fraction of sp³-hybridized carbons (Fsp3) is 1.00. The standard InChI is InChI=1S/CH3N3.H2O/c1-3-4-2;/h1H3;1H2. The van der Waals surface area contributed by atoms with Gasteiger partial charge in [0.15, 0.2) is 0 Å². The molecule has 0 amide bonds. The molecule has 0 aliphatic carbocycles. The first-order chi connectivity index (χ1) is 1.91. The van der Waals surface area contributed by atoms with Crippen molar-refractivity contribution in [1.29, 1.82) is 0 Å². The first-order valence-electron chi connectivity index (χ1n) is 0.847. The molecule has 2 N–H and O–H groups in total. The van der Waals surface area contributed by atoms with E-state index in [1.807, 2.05) is 0 Å². The van der Waals surface area contributed by atoms with Gasteiger partial charge in [-0.05, 0) is 5.53 Å². The van der Waals surface area contributed by atoms with E-state index in [9.17, 15) is 0 Å². The Hall–Kier alpha value is -0.730. The van der Waals surface area contributed by atoms with Crippen molar-refractivity contribution < 1.29 is 5.48 Å². The summed E-state index contributed by atoms with van der Waals surface area (Å²) in [6.07, 6.45) is 0. The average Bonchev–Trinajstić information content (AvgIpc) is 1.37. The van der Waals surface area contributed by atoms with Gasteiger partial charge in [0.1, 0.15) is 0 Å². The van der Waals surface area contributed by atoms with E-state index in [0.717, 1.165) is 0 Å². The molecule has 0 atom stereocenters. The summed E-state index contributed by atoms with van der Waals surface area (Å²) in [5.41, 5.74) is 7.33. The number of hydrogen-bond donors (Lipinski definition) is 0. The van der Waals surface area contributed by atoms with Crippen LogP contribution in [0.15, 0.2) is 5.11 Å². The molecule has 0 aromatic carbocycles. The fourth-order valence-electron chi connectivity index (χ4n) is 0. The SMILES string of the molecule is CN=[N+]=[N-].O. The van der Waals surface area contributed by atoms with E-state index in [0.29, 0.717) is 0 Å². The van der Waals surface area contributed by atoms with Crippen molar-refractivity contribution in [3.8, 4) is 0 Å². The van der Waals surface area contributed by atoms with Crippen LogP contribution in [-0.2, 0) is 0 Å². The molecule has 0 unspecified atom stereocenters. The minimum absolute atomic E-state index is 0. The van der Waals surface area contributed by atoms with Crippen molar-refractivity contribution >= 4 is 0 Å². The van der Waals surface area contributed by atoms with Crippen molar-refractivity contribution in [3.05, 3.63) is 10.4 Å². The highest BCUT2D eigenvalue weighted by atomic mass is 16.0. The lowest BCUT2D eigenvalue weighted by atomic mass is 11.6. The molecule has 4 nitrogen and oxygen atoms in total. The summed E-state index contributed by atoms with van der Waals surface area (Å²) in [4.78, 5) is 2.36. The molecule has 0 aromatic heterocycles. The Balaban J connectivity index is 0. The number of nitrogens with zero attached hydrogens (tertiary/aromatic N) is 3. The van der Waals surface area contributed by atoms with Gasteiger partial charge in [0.25, 0.3) is 0 Å². The molecule has 0 aliphatic heterocycles. The Morgan fingerprint density at radius 1 is 1.80 bits per heavy atom. The summed E-state index contributed by atoms with van der Waals surface area (Å²) in [5.74, 6) is 0. The average molecular weight is 75.1 g/mol. The first-order valence-corrected chi connectivity index (χ1v) is 0.847. The molecule has 0 radical (unpaired) electrons. The topological polar surface area (TPSA) is 80.3 Å². The second kappa shape index (κ2) is 10.4. The lowest BCUT2D eigenvalue weighted by Crippen LogP contribution is -1.22. The Morgan fingerprint density at radius 3 is 2.00 bits per heavy atom. The van der Waals surface area contributed by atoms with Crippen LogP contribution in [0.2, 0.25) is 0 Å². The summed E-state index contributed by atoms with van der Waals surface area (Å²) in [6, 6.07) is 0. The van der Waals surface area contributed by atoms with Gasteiger partial charge in [-0.15, -0.1) is 0 Å². The Labute approximate surface area is 29.4 Å².